The number of rotatable bonds is 6. The average molecular weight is 498 g/mol. The summed E-state index contributed by atoms with van der Waals surface area (Å²) >= 11 is 5.98. The van der Waals surface area contributed by atoms with Crippen LogP contribution in [0.3, 0.4) is 0 Å². The number of halogens is 4. The van der Waals surface area contributed by atoms with Gasteiger partial charge in [0, 0.05) is 28.7 Å². The van der Waals surface area contributed by atoms with Crippen LogP contribution in [0.15, 0.2) is 30.6 Å². The Morgan fingerprint density at radius 1 is 1.32 bits per heavy atom. The lowest BCUT2D eigenvalue weighted by Crippen LogP contribution is -2.79. The predicted molar refractivity (Wildman–Crippen MR) is 113 cm³/mol. The van der Waals surface area contributed by atoms with E-state index in [0.717, 1.165) is 24.8 Å². The first-order valence-electron chi connectivity index (χ1n) is 11.3. The molecule has 2 unspecified atom stereocenters. The van der Waals surface area contributed by atoms with Crippen LogP contribution in [0.1, 0.15) is 55.3 Å². The summed E-state index contributed by atoms with van der Waals surface area (Å²) in [4.78, 5) is 12.9. The lowest BCUT2D eigenvalue weighted by Gasteiger charge is -2.70. The SMILES string of the molecule is O=C(NC12CC(n3cc(C4CC4COC(F)(F)F)cn3)(C1)C2)[C@@H]1C[C@@H](O)c2cc(Cl)ccc2O1. The van der Waals surface area contributed by atoms with E-state index in [2.05, 4.69) is 15.2 Å². The molecule has 5 aliphatic rings. The summed E-state index contributed by atoms with van der Waals surface area (Å²) in [6, 6.07) is 4.96. The maximum absolute atomic E-state index is 12.9. The lowest BCUT2D eigenvalue weighted by molar-refractivity contribution is -0.326. The van der Waals surface area contributed by atoms with Gasteiger partial charge in [-0.2, -0.15) is 5.10 Å². The highest BCUT2D eigenvalue weighted by Crippen LogP contribution is 2.65. The Labute approximate surface area is 198 Å². The van der Waals surface area contributed by atoms with Crippen LogP contribution in [-0.4, -0.2) is 45.4 Å². The van der Waals surface area contributed by atoms with Gasteiger partial charge >= 0.3 is 6.36 Å². The normalized spacial score (nSPS) is 35.4. The Hall–Kier alpha value is -2.30. The highest BCUT2D eigenvalue weighted by molar-refractivity contribution is 6.30. The van der Waals surface area contributed by atoms with Gasteiger partial charge in [0.25, 0.3) is 5.91 Å². The standard InChI is InChI=1S/C23H23ClF3N3O4/c24-14-1-2-18-16(4-14)17(31)5-19(34-18)20(32)29-21-9-22(10-21,11-21)30-7-13(6-28-30)15-3-12(15)8-33-23(25,26)27/h1-2,4,6-7,12,15,17,19,31H,3,5,8-11H2,(H,29,32)/t12?,15?,17-,19+,21?,22?/m1/s1. The van der Waals surface area contributed by atoms with Crippen molar-refractivity contribution in [3.63, 3.8) is 0 Å². The van der Waals surface area contributed by atoms with Gasteiger partial charge in [-0.25, -0.2) is 0 Å². The molecule has 1 aromatic carbocycles. The van der Waals surface area contributed by atoms with Crippen LogP contribution in [0.4, 0.5) is 13.2 Å². The van der Waals surface area contributed by atoms with Gasteiger partial charge in [-0.3, -0.25) is 14.2 Å². The number of amides is 1. The van der Waals surface area contributed by atoms with E-state index in [-0.39, 0.29) is 41.8 Å². The molecule has 2 bridgehead atoms. The van der Waals surface area contributed by atoms with E-state index >= 15 is 0 Å². The number of nitrogens with one attached hydrogen (secondary N) is 1. The third-order valence-corrected chi connectivity index (χ3v) is 7.86. The van der Waals surface area contributed by atoms with Crippen LogP contribution < -0.4 is 10.1 Å². The number of aliphatic hydroxyl groups excluding tert-OH is 1. The molecule has 2 heterocycles. The van der Waals surface area contributed by atoms with Crippen LogP contribution in [0.5, 0.6) is 5.75 Å². The molecule has 7 nitrogen and oxygen atoms in total. The highest BCUT2D eigenvalue weighted by atomic mass is 35.5. The zero-order valence-corrected chi connectivity index (χ0v) is 18.8. The Morgan fingerprint density at radius 3 is 2.82 bits per heavy atom. The fourth-order valence-electron chi connectivity index (χ4n) is 5.86. The molecule has 0 spiro atoms. The molecule has 182 valence electrons. The van der Waals surface area contributed by atoms with Crippen molar-refractivity contribution in [1.82, 2.24) is 15.1 Å². The number of ether oxygens (including phenoxy) is 2. The van der Waals surface area contributed by atoms with Gasteiger partial charge < -0.3 is 15.2 Å². The second-order valence-electron chi connectivity index (χ2n) is 10.1. The van der Waals surface area contributed by atoms with Crippen LogP contribution >= 0.6 is 11.6 Å². The molecule has 7 rings (SSSR count). The molecule has 4 saturated carbocycles. The Kier molecular flexibility index (Phi) is 4.80. The smallest absolute Gasteiger partial charge is 0.480 e. The van der Waals surface area contributed by atoms with Crippen LogP contribution in [0, 0.1) is 5.92 Å². The summed E-state index contributed by atoms with van der Waals surface area (Å²) < 4.78 is 48.4. The quantitative estimate of drug-likeness (QED) is 0.634. The minimum absolute atomic E-state index is 0.0461. The van der Waals surface area contributed by atoms with E-state index in [0.29, 0.717) is 22.8 Å². The van der Waals surface area contributed by atoms with Crippen molar-refractivity contribution in [2.75, 3.05) is 6.61 Å². The van der Waals surface area contributed by atoms with Gasteiger partial charge in [-0.05, 0) is 61.3 Å². The van der Waals surface area contributed by atoms with Crippen molar-refractivity contribution < 1.29 is 32.5 Å². The molecule has 1 amide bonds. The number of fused-ring (bicyclic) bond motifs is 1. The lowest BCUT2D eigenvalue weighted by atomic mass is 9.44. The maximum Gasteiger partial charge on any atom is 0.522 e. The third-order valence-electron chi connectivity index (χ3n) is 7.62. The van der Waals surface area contributed by atoms with Crippen molar-refractivity contribution in [3.05, 3.63) is 46.7 Å². The Morgan fingerprint density at radius 2 is 2.09 bits per heavy atom. The topological polar surface area (TPSA) is 85.6 Å². The first-order chi connectivity index (χ1) is 16.0. The van der Waals surface area contributed by atoms with Crippen molar-refractivity contribution >= 4 is 17.5 Å². The van der Waals surface area contributed by atoms with Crippen molar-refractivity contribution in [2.24, 2.45) is 5.92 Å². The van der Waals surface area contributed by atoms with E-state index in [1.54, 1.807) is 24.4 Å². The number of aromatic nitrogens is 2. The molecule has 4 aliphatic carbocycles. The van der Waals surface area contributed by atoms with E-state index < -0.39 is 18.6 Å². The number of hydrogen-bond donors (Lipinski definition) is 2. The molecule has 34 heavy (non-hydrogen) atoms. The summed E-state index contributed by atoms with van der Waals surface area (Å²) in [7, 11) is 0. The molecule has 2 N–H and O–H groups in total. The fourth-order valence-corrected chi connectivity index (χ4v) is 6.04. The number of hydrogen-bond acceptors (Lipinski definition) is 5. The molecule has 2 aromatic rings. The molecule has 1 aliphatic heterocycles. The number of aliphatic hydroxyl groups is 1. The Bertz CT molecular complexity index is 1130. The Balaban J connectivity index is 1.03. The predicted octanol–water partition coefficient (Wildman–Crippen LogP) is 3.81. The highest BCUT2D eigenvalue weighted by Gasteiger charge is 2.70. The molecule has 0 saturated heterocycles. The van der Waals surface area contributed by atoms with Gasteiger partial charge in [0.15, 0.2) is 6.10 Å². The largest absolute Gasteiger partial charge is 0.522 e. The summed E-state index contributed by atoms with van der Waals surface area (Å²) in [6.07, 6.45) is 0.472. The first-order valence-corrected chi connectivity index (χ1v) is 11.6. The van der Waals surface area contributed by atoms with E-state index in [9.17, 15) is 23.1 Å². The molecule has 0 radical (unpaired) electrons. The molecule has 4 atom stereocenters. The minimum Gasteiger partial charge on any atom is -0.480 e. The van der Waals surface area contributed by atoms with Crippen LogP contribution in [0.25, 0.3) is 0 Å². The molecule has 11 heteroatoms. The van der Waals surface area contributed by atoms with E-state index in [4.69, 9.17) is 16.3 Å². The van der Waals surface area contributed by atoms with Crippen molar-refractivity contribution in [1.29, 1.82) is 0 Å². The summed E-state index contributed by atoms with van der Waals surface area (Å²) in [5, 5.41) is 18.5. The number of alkyl halides is 3. The van der Waals surface area contributed by atoms with Crippen molar-refractivity contribution in [2.45, 2.75) is 67.7 Å². The van der Waals surface area contributed by atoms with Crippen molar-refractivity contribution in [3.8, 4) is 5.75 Å². The number of benzene rings is 1. The molecular weight excluding hydrogens is 475 g/mol. The number of carbonyl (C=O) groups is 1. The first kappa shape index (κ1) is 22.2. The minimum atomic E-state index is -4.60. The monoisotopic (exact) mass is 497 g/mol. The van der Waals surface area contributed by atoms with E-state index in [1.165, 1.54) is 0 Å². The maximum atomic E-state index is 12.9. The summed E-state index contributed by atoms with van der Waals surface area (Å²) in [5.41, 5.74) is 1.05. The van der Waals surface area contributed by atoms with Gasteiger partial charge in [-0.15, -0.1) is 13.2 Å². The van der Waals surface area contributed by atoms with Gasteiger partial charge in [0.05, 0.1) is 24.4 Å². The summed E-state index contributed by atoms with van der Waals surface area (Å²) in [5.74, 6) is 0.120. The van der Waals surface area contributed by atoms with E-state index in [1.807, 2.05) is 10.9 Å². The third kappa shape index (κ3) is 3.76. The van der Waals surface area contributed by atoms with Gasteiger partial charge in [0.1, 0.15) is 5.75 Å². The van der Waals surface area contributed by atoms with Gasteiger partial charge in [0.2, 0.25) is 0 Å². The van der Waals surface area contributed by atoms with Crippen LogP contribution in [0.2, 0.25) is 5.02 Å². The number of nitrogens with zero attached hydrogens (tertiary/aromatic N) is 2. The number of carbonyl (C=O) groups excluding carboxylic acids is 1. The zero-order chi connectivity index (χ0) is 23.9. The average Bonchev–Trinajstić information content (AvgIpc) is 3.34. The van der Waals surface area contributed by atoms with Crippen LogP contribution in [-0.2, 0) is 15.1 Å². The second kappa shape index (κ2) is 7.35. The molecule has 4 fully saturated rings. The second-order valence-corrected chi connectivity index (χ2v) is 10.6. The molecular formula is C23H23ClF3N3O4. The molecule has 1 aromatic heterocycles. The van der Waals surface area contributed by atoms with Gasteiger partial charge in [-0.1, -0.05) is 11.6 Å². The zero-order valence-electron chi connectivity index (χ0n) is 18.0. The summed E-state index contributed by atoms with van der Waals surface area (Å²) in [6.45, 7) is -0.324. The fraction of sp³-hybridized carbons (Fsp3) is 0.565.